The maximum Gasteiger partial charge on any atom is 0.123 e. The van der Waals surface area contributed by atoms with Gasteiger partial charge in [0.2, 0.25) is 0 Å². The van der Waals surface area contributed by atoms with Crippen LogP contribution >= 0.6 is 0 Å². The SMILES string of the molecule is CCC1(CN)CCOc2ccccc21. The molecule has 1 aliphatic rings. The normalized spacial score (nSPS) is 25.3. The third-order valence-electron chi connectivity index (χ3n) is 3.36. The van der Waals surface area contributed by atoms with Crippen LogP contribution in [0.1, 0.15) is 25.3 Å². The predicted molar refractivity (Wildman–Crippen MR) is 57.6 cm³/mol. The van der Waals surface area contributed by atoms with E-state index in [1.54, 1.807) is 0 Å². The lowest BCUT2D eigenvalue weighted by Gasteiger charge is -2.37. The summed E-state index contributed by atoms with van der Waals surface area (Å²) in [4.78, 5) is 0. The van der Waals surface area contributed by atoms with Crippen molar-refractivity contribution in [3.05, 3.63) is 29.8 Å². The summed E-state index contributed by atoms with van der Waals surface area (Å²) in [6.45, 7) is 3.71. The molecule has 2 rings (SSSR count). The van der Waals surface area contributed by atoms with Gasteiger partial charge in [-0.3, -0.25) is 0 Å². The van der Waals surface area contributed by atoms with E-state index in [9.17, 15) is 0 Å². The highest BCUT2D eigenvalue weighted by atomic mass is 16.5. The van der Waals surface area contributed by atoms with Crippen molar-refractivity contribution >= 4 is 0 Å². The molecule has 2 heteroatoms. The zero-order chi connectivity index (χ0) is 10.0. The maximum atomic E-state index is 5.91. The van der Waals surface area contributed by atoms with Gasteiger partial charge in [0.1, 0.15) is 5.75 Å². The van der Waals surface area contributed by atoms with Crippen LogP contribution in [0, 0.1) is 0 Å². The summed E-state index contributed by atoms with van der Waals surface area (Å²) >= 11 is 0. The van der Waals surface area contributed by atoms with Crippen LogP contribution in [0.5, 0.6) is 5.75 Å². The fraction of sp³-hybridized carbons (Fsp3) is 0.500. The molecule has 0 bridgehead atoms. The molecule has 1 atom stereocenters. The largest absolute Gasteiger partial charge is 0.493 e. The van der Waals surface area contributed by atoms with Gasteiger partial charge in [-0.15, -0.1) is 0 Å². The smallest absolute Gasteiger partial charge is 0.123 e. The lowest BCUT2D eigenvalue weighted by Crippen LogP contribution is -2.39. The molecule has 1 unspecified atom stereocenters. The number of rotatable bonds is 2. The Hall–Kier alpha value is -1.02. The fourth-order valence-electron chi connectivity index (χ4n) is 2.25. The number of nitrogens with two attached hydrogens (primary N) is 1. The van der Waals surface area contributed by atoms with Crippen LogP contribution in [-0.4, -0.2) is 13.2 Å². The van der Waals surface area contributed by atoms with E-state index >= 15 is 0 Å². The summed E-state index contributed by atoms with van der Waals surface area (Å²) in [7, 11) is 0. The van der Waals surface area contributed by atoms with Crippen LogP contribution < -0.4 is 10.5 Å². The minimum absolute atomic E-state index is 0.148. The average Bonchev–Trinajstić information content (AvgIpc) is 2.28. The van der Waals surface area contributed by atoms with Gasteiger partial charge >= 0.3 is 0 Å². The highest BCUT2D eigenvalue weighted by molar-refractivity contribution is 5.41. The first-order valence-electron chi connectivity index (χ1n) is 5.25. The van der Waals surface area contributed by atoms with Crippen LogP contribution in [-0.2, 0) is 5.41 Å². The van der Waals surface area contributed by atoms with Gasteiger partial charge in [0.25, 0.3) is 0 Å². The number of hydrogen-bond donors (Lipinski definition) is 1. The summed E-state index contributed by atoms with van der Waals surface area (Å²) in [6, 6.07) is 8.26. The van der Waals surface area contributed by atoms with E-state index < -0.39 is 0 Å². The fourth-order valence-corrected chi connectivity index (χ4v) is 2.25. The second-order valence-electron chi connectivity index (χ2n) is 3.93. The monoisotopic (exact) mass is 191 g/mol. The number of ether oxygens (including phenoxy) is 1. The minimum atomic E-state index is 0.148. The highest BCUT2D eigenvalue weighted by Gasteiger charge is 2.34. The van der Waals surface area contributed by atoms with E-state index in [-0.39, 0.29) is 5.41 Å². The minimum Gasteiger partial charge on any atom is -0.493 e. The summed E-state index contributed by atoms with van der Waals surface area (Å²) in [6.07, 6.45) is 2.13. The number of hydrogen-bond acceptors (Lipinski definition) is 2. The first-order chi connectivity index (χ1) is 6.82. The molecule has 14 heavy (non-hydrogen) atoms. The summed E-state index contributed by atoms with van der Waals surface area (Å²) in [5.41, 5.74) is 7.34. The Morgan fingerprint density at radius 1 is 1.43 bits per heavy atom. The van der Waals surface area contributed by atoms with Gasteiger partial charge in [0.05, 0.1) is 6.61 Å². The Labute approximate surface area is 85.1 Å². The molecule has 0 aromatic heterocycles. The van der Waals surface area contributed by atoms with Gasteiger partial charge in [-0.25, -0.2) is 0 Å². The van der Waals surface area contributed by atoms with Crippen molar-refractivity contribution in [1.29, 1.82) is 0 Å². The van der Waals surface area contributed by atoms with Crippen LogP contribution in [0.25, 0.3) is 0 Å². The molecule has 0 saturated carbocycles. The van der Waals surface area contributed by atoms with E-state index in [1.807, 2.05) is 12.1 Å². The third kappa shape index (κ3) is 1.30. The Bertz CT molecular complexity index is 318. The van der Waals surface area contributed by atoms with Gasteiger partial charge in [-0.1, -0.05) is 25.1 Å². The molecule has 0 radical (unpaired) electrons. The molecule has 0 spiro atoms. The molecular weight excluding hydrogens is 174 g/mol. The van der Waals surface area contributed by atoms with Crippen molar-refractivity contribution in [2.75, 3.05) is 13.2 Å². The molecule has 0 fully saturated rings. The molecule has 2 nitrogen and oxygen atoms in total. The first kappa shape index (κ1) is 9.53. The van der Waals surface area contributed by atoms with Crippen molar-refractivity contribution in [2.45, 2.75) is 25.2 Å². The standard InChI is InChI=1S/C12H17NO/c1-2-12(9-13)7-8-14-11-6-4-3-5-10(11)12/h3-6H,2,7-9,13H2,1H3. The zero-order valence-electron chi connectivity index (χ0n) is 8.62. The summed E-state index contributed by atoms with van der Waals surface area (Å²) in [5.74, 6) is 1.02. The van der Waals surface area contributed by atoms with Gasteiger partial charge in [0, 0.05) is 17.5 Å². The molecular formula is C12H17NO. The van der Waals surface area contributed by atoms with Crippen molar-refractivity contribution in [3.8, 4) is 5.75 Å². The maximum absolute atomic E-state index is 5.91. The van der Waals surface area contributed by atoms with E-state index in [4.69, 9.17) is 10.5 Å². The van der Waals surface area contributed by atoms with Gasteiger partial charge in [-0.05, 0) is 18.9 Å². The first-order valence-corrected chi connectivity index (χ1v) is 5.25. The van der Waals surface area contributed by atoms with Crippen LogP contribution in [0.3, 0.4) is 0 Å². The zero-order valence-corrected chi connectivity index (χ0v) is 8.62. The lowest BCUT2D eigenvalue weighted by molar-refractivity contribution is 0.212. The number of para-hydroxylation sites is 1. The van der Waals surface area contributed by atoms with Gasteiger partial charge in [0.15, 0.2) is 0 Å². The molecule has 76 valence electrons. The van der Waals surface area contributed by atoms with Crippen molar-refractivity contribution in [3.63, 3.8) is 0 Å². The van der Waals surface area contributed by atoms with Gasteiger partial charge in [-0.2, -0.15) is 0 Å². The molecule has 1 aromatic carbocycles. The molecule has 0 saturated heterocycles. The second kappa shape index (κ2) is 3.62. The lowest BCUT2D eigenvalue weighted by atomic mass is 9.74. The third-order valence-corrected chi connectivity index (χ3v) is 3.36. The van der Waals surface area contributed by atoms with Crippen LogP contribution in [0.15, 0.2) is 24.3 Å². The van der Waals surface area contributed by atoms with E-state index in [0.717, 1.165) is 25.2 Å². The molecule has 1 aliphatic heterocycles. The van der Waals surface area contributed by atoms with Crippen molar-refractivity contribution in [2.24, 2.45) is 5.73 Å². The van der Waals surface area contributed by atoms with Gasteiger partial charge < -0.3 is 10.5 Å². The Balaban J connectivity index is 2.48. The topological polar surface area (TPSA) is 35.2 Å². The molecule has 0 aliphatic carbocycles. The Morgan fingerprint density at radius 2 is 2.21 bits per heavy atom. The predicted octanol–water partition coefficient (Wildman–Crippen LogP) is 2.08. The van der Waals surface area contributed by atoms with E-state index in [0.29, 0.717) is 6.54 Å². The van der Waals surface area contributed by atoms with E-state index in [1.165, 1.54) is 5.56 Å². The average molecular weight is 191 g/mol. The molecule has 2 N–H and O–H groups in total. The molecule has 1 heterocycles. The van der Waals surface area contributed by atoms with Crippen LogP contribution in [0.2, 0.25) is 0 Å². The Morgan fingerprint density at radius 3 is 2.93 bits per heavy atom. The van der Waals surface area contributed by atoms with Crippen LogP contribution in [0.4, 0.5) is 0 Å². The summed E-state index contributed by atoms with van der Waals surface area (Å²) in [5, 5.41) is 0. The number of benzene rings is 1. The second-order valence-corrected chi connectivity index (χ2v) is 3.93. The molecule has 0 amide bonds. The van der Waals surface area contributed by atoms with Crippen molar-refractivity contribution < 1.29 is 4.74 Å². The number of fused-ring (bicyclic) bond motifs is 1. The highest BCUT2D eigenvalue weighted by Crippen LogP contribution is 2.40. The quantitative estimate of drug-likeness (QED) is 0.776. The summed E-state index contributed by atoms with van der Waals surface area (Å²) < 4.78 is 5.63. The Kier molecular flexibility index (Phi) is 2.46. The van der Waals surface area contributed by atoms with Crippen molar-refractivity contribution in [1.82, 2.24) is 0 Å². The van der Waals surface area contributed by atoms with E-state index in [2.05, 4.69) is 19.1 Å². The molecule has 1 aromatic rings.